The predicted octanol–water partition coefficient (Wildman–Crippen LogP) is 16.8. The van der Waals surface area contributed by atoms with Crippen molar-refractivity contribution in [1.82, 2.24) is 4.57 Å². The summed E-state index contributed by atoms with van der Waals surface area (Å²) in [5.41, 5.74) is 18.9. The minimum atomic E-state index is -0.115. The molecular weight excluding hydrogens is 789 g/mol. The molecule has 0 amide bonds. The zero-order valence-corrected chi connectivity index (χ0v) is 36.3. The highest BCUT2D eigenvalue weighted by molar-refractivity contribution is 6.12. The van der Waals surface area contributed by atoms with Crippen molar-refractivity contribution in [2.24, 2.45) is 0 Å². The van der Waals surface area contributed by atoms with Gasteiger partial charge in [-0.3, -0.25) is 0 Å². The Morgan fingerprint density at radius 3 is 2.02 bits per heavy atom. The van der Waals surface area contributed by atoms with Gasteiger partial charge in [0.1, 0.15) is 11.2 Å². The van der Waals surface area contributed by atoms with Crippen molar-refractivity contribution in [2.75, 3.05) is 4.90 Å². The molecule has 0 aliphatic heterocycles. The molecule has 1 aliphatic carbocycles. The van der Waals surface area contributed by atoms with E-state index in [0.29, 0.717) is 6.54 Å². The van der Waals surface area contributed by atoms with Crippen LogP contribution in [0, 0.1) is 0 Å². The van der Waals surface area contributed by atoms with Crippen molar-refractivity contribution in [3.05, 3.63) is 235 Å². The number of furan rings is 1. The largest absolute Gasteiger partial charge is 0.456 e. The van der Waals surface area contributed by atoms with Crippen LogP contribution in [0.2, 0.25) is 0 Å². The fourth-order valence-corrected chi connectivity index (χ4v) is 10.9. The molecule has 308 valence electrons. The molecule has 0 spiro atoms. The summed E-state index contributed by atoms with van der Waals surface area (Å²) in [6.07, 6.45) is 0. The van der Waals surface area contributed by atoms with Crippen LogP contribution in [-0.2, 0) is 12.0 Å². The van der Waals surface area contributed by atoms with Crippen LogP contribution in [0.25, 0.3) is 93.6 Å². The summed E-state index contributed by atoms with van der Waals surface area (Å²) in [4.78, 5) is 2.52. The first-order valence-electron chi connectivity index (χ1n) is 22.6. The number of rotatable bonds is 7. The van der Waals surface area contributed by atoms with Crippen LogP contribution in [0.1, 0.15) is 30.5 Å². The van der Waals surface area contributed by atoms with E-state index in [1.54, 1.807) is 0 Å². The zero-order valence-electron chi connectivity index (χ0n) is 36.3. The molecule has 13 rings (SSSR count). The van der Waals surface area contributed by atoms with E-state index in [1.165, 1.54) is 82.8 Å². The van der Waals surface area contributed by atoms with Gasteiger partial charge in [-0.15, -0.1) is 0 Å². The van der Waals surface area contributed by atoms with Crippen molar-refractivity contribution in [3.63, 3.8) is 0 Å². The molecule has 2 aromatic heterocycles. The minimum absolute atomic E-state index is 0.115. The quantitative estimate of drug-likeness (QED) is 0.160. The number of fused-ring (bicyclic) bond motifs is 10. The Balaban J connectivity index is 0.950. The number of nitrogens with zero attached hydrogens (tertiary/aromatic N) is 2. The molecule has 1 aliphatic rings. The van der Waals surface area contributed by atoms with Crippen LogP contribution in [0.5, 0.6) is 0 Å². The number of aromatic nitrogens is 1. The standard InChI is InChI=1S/C62H44N2O/c1-62(2)53-21-10-8-20-50(53)61-54(62)22-13-24-57(61)63(47-31-26-42(27-32-47)40-14-4-3-5-15-40)39-46-18-12-25-59-60(46)52-38-45(30-35-58(52)65-59)44-29-34-56-51(37-44)49-19-9-11-23-55(49)64(56)48-33-28-41-16-6-7-17-43(41)36-48/h3-38H,39H2,1-2H3. The van der Waals surface area contributed by atoms with Crippen LogP contribution < -0.4 is 4.90 Å². The van der Waals surface area contributed by atoms with Crippen molar-refractivity contribution in [3.8, 4) is 39.1 Å². The van der Waals surface area contributed by atoms with E-state index in [9.17, 15) is 0 Å². The number of anilines is 2. The molecule has 3 nitrogen and oxygen atoms in total. The Bertz CT molecular complexity index is 3830. The van der Waals surface area contributed by atoms with Crippen LogP contribution in [-0.4, -0.2) is 4.57 Å². The van der Waals surface area contributed by atoms with E-state index in [0.717, 1.165) is 38.9 Å². The van der Waals surface area contributed by atoms with Gasteiger partial charge in [-0.1, -0.05) is 166 Å². The molecule has 0 saturated heterocycles. The lowest BCUT2D eigenvalue weighted by molar-refractivity contribution is 0.660. The summed E-state index contributed by atoms with van der Waals surface area (Å²) < 4.78 is 9.08. The lowest BCUT2D eigenvalue weighted by Crippen LogP contribution is -2.19. The molecule has 0 N–H and O–H groups in total. The second kappa shape index (κ2) is 14.5. The highest BCUT2D eigenvalue weighted by Crippen LogP contribution is 2.53. The van der Waals surface area contributed by atoms with Crippen molar-refractivity contribution in [1.29, 1.82) is 0 Å². The molecule has 0 saturated carbocycles. The van der Waals surface area contributed by atoms with Gasteiger partial charge in [0.15, 0.2) is 0 Å². The van der Waals surface area contributed by atoms with E-state index < -0.39 is 0 Å². The molecule has 2 heterocycles. The van der Waals surface area contributed by atoms with Gasteiger partial charge < -0.3 is 13.9 Å². The van der Waals surface area contributed by atoms with Crippen LogP contribution >= 0.6 is 0 Å². The highest BCUT2D eigenvalue weighted by atomic mass is 16.3. The Morgan fingerprint density at radius 1 is 0.462 bits per heavy atom. The van der Waals surface area contributed by atoms with Gasteiger partial charge >= 0.3 is 0 Å². The molecule has 0 bridgehead atoms. The van der Waals surface area contributed by atoms with Crippen molar-refractivity contribution >= 4 is 65.9 Å². The van der Waals surface area contributed by atoms with E-state index in [4.69, 9.17) is 4.42 Å². The van der Waals surface area contributed by atoms with Crippen LogP contribution in [0.4, 0.5) is 11.4 Å². The maximum Gasteiger partial charge on any atom is 0.135 e. The normalized spacial score (nSPS) is 13.0. The number of hydrogen-bond acceptors (Lipinski definition) is 2. The summed E-state index contributed by atoms with van der Waals surface area (Å²) >= 11 is 0. The molecule has 12 aromatic rings. The molecule has 65 heavy (non-hydrogen) atoms. The average Bonchev–Trinajstić information content (AvgIpc) is 3.98. The molecule has 0 unspecified atom stereocenters. The molecule has 0 fully saturated rings. The predicted molar refractivity (Wildman–Crippen MR) is 273 cm³/mol. The van der Waals surface area contributed by atoms with E-state index in [1.807, 2.05) is 0 Å². The maximum absolute atomic E-state index is 6.68. The Kier molecular flexibility index (Phi) is 8.32. The summed E-state index contributed by atoms with van der Waals surface area (Å²) in [5.74, 6) is 0. The third-order valence-electron chi connectivity index (χ3n) is 14.1. The molecular formula is C62H44N2O. The number of hydrogen-bond donors (Lipinski definition) is 0. The Morgan fingerprint density at radius 2 is 1.14 bits per heavy atom. The summed E-state index contributed by atoms with van der Waals surface area (Å²) in [7, 11) is 0. The Hall–Kier alpha value is -8.14. The van der Waals surface area contributed by atoms with Crippen molar-refractivity contribution < 1.29 is 4.42 Å². The molecule has 3 heteroatoms. The smallest absolute Gasteiger partial charge is 0.135 e. The average molecular weight is 833 g/mol. The fourth-order valence-electron chi connectivity index (χ4n) is 10.9. The Labute approximate surface area is 378 Å². The van der Waals surface area contributed by atoms with Gasteiger partial charge in [-0.25, -0.2) is 0 Å². The topological polar surface area (TPSA) is 21.3 Å². The first-order valence-corrected chi connectivity index (χ1v) is 22.6. The monoisotopic (exact) mass is 832 g/mol. The second-order valence-electron chi connectivity index (χ2n) is 18.1. The first kappa shape index (κ1) is 37.4. The van der Waals surface area contributed by atoms with Crippen molar-refractivity contribution in [2.45, 2.75) is 25.8 Å². The van der Waals surface area contributed by atoms with Gasteiger partial charge in [-0.2, -0.15) is 0 Å². The van der Waals surface area contributed by atoms with Gasteiger partial charge in [0.05, 0.1) is 11.0 Å². The van der Waals surface area contributed by atoms with Gasteiger partial charge in [0.2, 0.25) is 0 Å². The summed E-state index contributed by atoms with van der Waals surface area (Å²) in [6, 6.07) is 79.9. The highest BCUT2D eigenvalue weighted by Gasteiger charge is 2.37. The summed E-state index contributed by atoms with van der Waals surface area (Å²) in [5, 5.41) is 7.23. The molecule has 0 radical (unpaired) electrons. The first-order chi connectivity index (χ1) is 32.0. The van der Waals surface area contributed by atoms with Gasteiger partial charge in [-0.05, 0) is 122 Å². The second-order valence-corrected chi connectivity index (χ2v) is 18.1. The van der Waals surface area contributed by atoms with Gasteiger partial charge in [0, 0.05) is 56.1 Å². The SMILES string of the molecule is CC1(C)c2ccccc2-c2c(N(Cc3cccc4oc5ccc(-c6ccc7c(c6)c6ccccc6n7-c6ccc7ccccc7c6)cc5c34)c3ccc(-c4ccccc4)cc3)cccc21. The third-order valence-corrected chi connectivity index (χ3v) is 14.1. The van der Waals surface area contributed by atoms with Gasteiger partial charge in [0.25, 0.3) is 0 Å². The lowest BCUT2D eigenvalue weighted by Gasteiger charge is -2.29. The minimum Gasteiger partial charge on any atom is -0.456 e. The molecule has 10 aromatic carbocycles. The molecule has 0 atom stereocenters. The zero-order chi connectivity index (χ0) is 43.2. The summed E-state index contributed by atoms with van der Waals surface area (Å²) in [6.45, 7) is 5.37. The number of para-hydroxylation sites is 1. The van der Waals surface area contributed by atoms with Crippen LogP contribution in [0.15, 0.2) is 223 Å². The third kappa shape index (κ3) is 5.89. The van der Waals surface area contributed by atoms with Crippen LogP contribution in [0.3, 0.4) is 0 Å². The van der Waals surface area contributed by atoms with E-state index in [2.05, 4.69) is 242 Å². The fraction of sp³-hybridized carbons (Fsp3) is 0.0645. The number of benzene rings is 10. The maximum atomic E-state index is 6.68. The lowest BCUT2D eigenvalue weighted by atomic mass is 9.82. The van der Waals surface area contributed by atoms with E-state index in [-0.39, 0.29) is 5.41 Å². The van der Waals surface area contributed by atoms with E-state index >= 15 is 0 Å².